The van der Waals surface area contributed by atoms with Crippen LogP contribution in [0.15, 0.2) is 48.5 Å². The molecule has 0 spiro atoms. The van der Waals surface area contributed by atoms with Crippen LogP contribution in [0.4, 0.5) is 0 Å². The fourth-order valence-corrected chi connectivity index (χ4v) is 3.79. The molecule has 0 saturated carbocycles. The molecule has 2 aromatic carbocycles. The summed E-state index contributed by atoms with van der Waals surface area (Å²) in [6, 6.07) is 16.2. The maximum absolute atomic E-state index is 6.21. The zero-order chi connectivity index (χ0) is 12.3. The Morgan fingerprint density at radius 3 is 2.33 bits per heavy atom. The Morgan fingerprint density at radius 1 is 1.06 bits per heavy atom. The Labute approximate surface area is 132 Å². The van der Waals surface area contributed by atoms with E-state index in [1.54, 1.807) is 0 Å². The van der Waals surface area contributed by atoms with Crippen LogP contribution in [-0.2, 0) is 0 Å². The first-order valence-electron chi connectivity index (χ1n) is 5.30. The Bertz CT molecular complexity index is 522. The molecule has 2 aromatic rings. The maximum atomic E-state index is 6.21. The van der Waals surface area contributed by atoms with Gasteiger partial charge in [0, 0.05) is 34.1 Å². The third kappa shape index (κ3) is 3.92. The molecule has 0 aliphatic heterocycles. The van der Waals surface area contributed by atoms with Gasteiger partial charge in [-0.25, -0.2) is 0 Å². The van der Waals surface area contributed by atoms with E-state index in [-0.39, 0.29) is 18.9 Å². The summed E-state index contributed by atoms with van der Waals surface area (Å²) in [5, 5.41) is 2.00. The molecule has 0 nitrogen and oxygen atoms in total. The van der Waals surface area contributed by atoms with Crippen LogP contribution in [-0.4, -0.2) is 23.5 Å². The van der Waals surface area contributed by atoms with E-state index in [1.807, 2.05) is 43.3 Å². The maximum Gasteiger partial charge on any atom is 0.0495 e. The Kier molecular flexibility index (Phi) is 6.57. The number of hydrogen-bond acceptors (Lipinski definition) is 1. The smallest absolute Gasteiger partial charge is 0.0495 e. The van der Waals surface area contributed by atoms with Crippen molar-refractivity contribution in [1.29, 1.82) is 0 Å². The van der Waals surface area contributed by atoms with E-state index >= 15 is 0 Å². The van der Waals surface area contributed by atoms with Crippen LogP contribution < -0.4 is 5.30 Å². The first-order chi connectivity index (χ1) is 8.18. The van der Waals surface area contributed by atoms with Gasteiger partial charge >= 0.3 is 0 Å². The SMILES string of the molecule is Cc1cccc(Cl)c1C(=S)Pc1ccccc1.[Li]. The van der Waals surface area contributed by atoms with Crippen molar-refractivity contribution in [3.63, 3.8) is 0 Å². The molecular formula is C14H12ClLiPS. The summed E-state index contributed by atoms with van der Waals surface area (Å²) in [5.74, 6) is 0. The van der Waals surface area contributed by atoms with E-state index in [2.05, 4.69) is 12.1 Å². The van der Waals surface area contributed by atoms with Gasteiger partial charge in [0.15, 0.2) is 0 Å². The Balaban J connectivity index is 0.00000162. The predicted octanol–water partition coefficient (Wildman–Crippen LogP) is 3.95. The molecule has 1 atom stereocenters. The Hall–Kier alpha value is -0.153. The molecule has 0 aliphatic carbocycles. The summed E-state index contributed by atoms with van der Waals surface area (Å²) in [7, 11) is 0.495. The zero-order valence-electron chi connectivity index (χ0n) is 10.4. The number of rotatable bonds is 3. The summed E-state index contributed by atoms with van der Waals surface area (Å²) in [6.07, 6.45) is 0. The average molecular weight is 286 g/mol. The van der Waals surface area contributed by atoms with E-state index in [0.717, 1.165) is 20.8 Å². The largest absolute Gasteiger partial charge is 0.0836 e. The topological polar surface area (TPSA) is 0 Å². The molecule has 0 aliphatic rings. The van der Waals surface area contributed by atoms with E-state index < -0.39 is 0 Å². The van der Waals surface area contributed by atoms with Crippen molar-refractivity contribution in [2.24, 2.45) is 0 Å². The van der Waals surface area contributed by atoms with Gasteiger partial charge < -0.3 is 0 Å². The van der Waals surface area contributed by atoms with Crippen molar-refractivity contribution in [2.75, 3.05) is 0 Å². The first-order valence-corrected chi connectivity index (χ1v) is 7.08. The summed E-state index contributed by atoms with van der Waals surface area (Å²) in [5.41, 5.74) is 2.16. The minimum absolute atomic E-state index is 0. The molecule has 0 bridgehead atoms. The Morgan fingerprint density at radius 2 is 1.72 bits per heavy atom. The van der Waals surface area contributed by atoms with E-state index in [4.69, 9.17) is 23.8 Å². The summed E-state index contributed by atoms with van der Waals surface area (Å²) in [6.45, 7) is 2.04. The van der Waals surface area contributed by atoms with Crippen molar-refractivity contribution in [1.82, 2.24) is 0 Å². The van der Waals surface area contributed by atoms with Gasteiger partial charge in [-0.1, -0.05) is 66.3 Å². The molecule has 2 rings (SSSR count). The number of aryl methyl sites for hydroxylation is 1. The standard InChI is InChI=1S/C14H12ClPS.Li/c1-10-6-5-9-12(15)13(10)14(17)16-11-7-3-2-4-8-11;/h2-9,16H,1H3;. The van der Waals surface area contributed by atoms with Gasteiger partial charge in [-0.05, 0) is 32.4 Å². The molecule has 0 saturated heterocycles. The molecular weight excluding hydrogens is 274 g/mol. The first kappa shape index (κ1) is 15.9. The molecule has 0 aromatic heterocycles. The van der Waals surface area contributed by atoms with Gasteiger partial charge in [0.1, 0.15) is 0 Å². The van der Waals surface area contributed by atoms with Crippen LogP contribution in [0.1, 0.15) is 11.1 Å². The van der Waals surface area contributed by atoms with Crippen molar-refractivity contribution in [3.8, 4) is 0 Å². The molecule has 4 heteroatoms. The van der Waals surface area contributed by atoms with E-state index in [9.17, 15) is 0 Å². The zero-order valence-corrected chi connectivity index (χ0v) is 13.0. The van der Waals surface area contributed by atoms with Gasteiger partial charge in [-0.15, -0.1) is 0 Å². The predicted molar refractivity (Wildman–Crippen MR) is 88.0 cm³/mol. The summed E-state index contributed by atoms with van der Waals surface area (Å²) < 4.78 is 0.930. The summed E-state index contributed by atoms with van der Waals surface area (Å²) in [4.78, 5) is 0. The number of thiocarbonyl (C=S) groups is 1. The second-order valence-electron chi connectivity index (χ2n) is 3.75. The molecule has 1 radical (unpaired) electrons. The third-order valence-electron chi connectivity index (χ3n) is 2.48. The van der Waals surface area contributed by atoms with Crippen LogP contribution in [0.5, 0.6) is 0 Å². The van der Waals surface area contributed by atoms with Crippen molar-refractivity contribution < 1.29 is 0 Å². The second kappa shape index (κ2) is 7.44. The van der Waals surface area contributed by atoms with Crippen molar-refractivity contribution in [3.05, 3.63) is 64.7 Å². The monoisotopic (exact) mass is 285 g/mol. The van der Waals surface area contributed by atoms with Crippen LogP contribution >= 0.6 is 32.4 Å². The second-order valence-corrected chi connectivity index (χ2v) is 6.26. The molecule has 0 fully saturated rings. The molecule has 0 amide bonds. The van der Waals surface area contributed by atoms with E-state index in [0.29, 0.717) is 8.58 Å². The van der Waals surface area contributed by atoms with Gasteiger partial charge in [0.05, 0.1) is 0 Å². The van der Waals surface area contributed by atoms with Crippen LogP contribution in [0, 0.1) is 6.92 Å². The van der Waals surface area contributed by atoms with Crippen LogP contribution in [0.2, 0.25) is 5.02 Å². The molecule has 0 N–H and O–H groups in total. The van der Waals surface area contributed by atoms with E-state index in [1.165, 1.54) is 5.30 Å². The quantitative estimate of drug-likeness (QED) is 0.467. The number of benzene rings is 2. The van der Waals surface area contributed by atoms with Crippen molar-refractivity contribution in [2.45, 2.75) is 6.92 Å². The molecule has 1 unspecified atom stereocenters. The molecule has 87 valence electrons. The van der Waals surface area contributed by atoms with Gasteiger partial charge in [0.25, 0.3) is 0 Å². The fraction of sp³-hybridized carbons (Fsp3) is 0.0714. The van der Waals surface area contributed by atoms with Gasteiger partial charge in [0.2, 0.25) is 0 Å². The molecule has 0 heterocycles. The minimum atomic E-state index is 0. The fourth-order valence-electron chi connectivity index (χ4n) is 1.63. The van der Waals surface area contributed by atoms with Crippen molar-refractivity contribution >= 4 is 61.2 Å². The normalized spacial score (nSPS) is 10.3. The number of hydrogen-bond donors (Lipinski definition) is 0. The average Bonchev–Trinajstić information content (AvgIpc) is 2.30. The third-order valence-corrected chi connectivity index (χ3v) is 4.41. The minimum Gasteiger partial charge on any atom is -0.0836 e. The molecule has 18 heavy (non-hydrogen) atoms. The van der Waals surface area contributed by atoms with Crippen LogP contribution in [0.25, 0.3) is 0 Å². The van der Waals surface area contributed by atoms with Gasteiger partial charge in [-0.3, -0.25) is 0 Å². The van der Waals surface area contributed by atoms with Gasteiger partial charge in [-0.2, -0.15) is 0 Å². The number of halogens is 1. The summed E-state index contributed by atoms with van der Waals surface area (Å²) >= 11 is 11.7. The van der Waals surface area contributed by atoms with Crippen LogP contribution in [0.3, 0.4) is 0 Å².